The fraction of sp³-hybridized carbons (Fsp3) is 0.355. The number of hydrogen-bond donors (Lipinski definition) is 0. The first-order valence-electron chi connectivity index (χ1n) is 13.9. The van der Waals surface area contributed by atoms with Crippen LogP contribution in [0, 0.1) is 16.7 Å². The molecule has 3 aromatic heterocycles. The number of aromatic nitrogens is 4. The van der Waals surface area contributed by atoms with Crippen molar-refractivity contribution in [3.8, 4) is 28.6 Å². The minimum Gasteiger partial charge on any atom is -0.378 e. The zero-order chi connectivity index (χ0) is 28.4. The van der Waals surface area contributed by atoms with Crippen LogP contribution >= 0.6 is 0 Å². The molecule has 6 rings (SSSR count). The van der Waals surface area contributed by atoms with E-state index in [1.54, 1.807) is 31.1 Å². The van der Waals surface area contributed by atoms with Gasteiger partial charge in [-0.05, 0) is 49.7 Å². The van der Waals surface area contributed by atoms with Crippen molar-refractivity contribution in [2.75, 3.05) is 62.3 Å². The summed E-state index contributed by atoms with van der Waals surface area (Å²) < 4.78 is 5.57. The summed E-state index contributed by atoms with van der Waals surface area (Å²) in [5, 5.41) is 9.35. The summed E-state index contributed by atoms with van der Waals surface area (Å²) in [5.74, 6) is 1.32. The van der Waals surface area contributed by atoms with Crippen molar-refractivity contribution in [2.24, 2.45) is 5.41 Å². The lowest BCUT2D eigenvalue weighted by Gasteiger charge is -2.38. The number of nitrogens with zero attached hydrogens (tertiary/aromatic N) is 8. The molecule has 208 valence electrons. The number of piperazine rings is 1. The van der Waals surface area contributed by atoms with Crippen LogP contribution in [0.3, 0.4) is 0 Å². The Balaban J connectivity index is 1.30. The van der Waals surface area contributed by atoms with Gasteiger partial charge in [0.1, 0.15) is 10.9 Å². The summed E-state index contributed by atoms with van der Waals surface area (Å²) in [6.07, 6.45) is 5.41. The predicted molar refractivity (Wildman–Crippen MR) is 157 cm³/mol. The Morgan fingerprint density at radius 3 is 2.41 bits per heavy atom. The van der Waals surface area contributed by atoms with Crippen LogP contribution in [-0.2, 0) is 9.53 Å². The normalized spacial score (nSPS) is 16.1. The van der Waals surface area contributed by atoms with Gasteiger partial charge in [-0.3, -0.25) is 14.8 Å². The van der Waals surface area contributed by atoms with Crippen molar-refractivity contribution in [3.05, 3.63) is 61.1 Å². The number of pyridine rings is 2. The number of morpholine rings is 1. The molecule has 1 amide bonds. The Morgan fingerprint density at radius 1 is 0.902 bits per heavy atom. The van der Waals surface area contributed by atoms with Gasteiger partial charge in [0.25, 0.3) is 0 Å². The maximum Gasteiger partial charge on any atom is 0.242 e. The van der Waals surface area contributed by atoms with Gasteiger partial charge in [0.2, 0.25) is 5.91 Å². The minimum atomic E-state index is -1.01. The third-order valence-electron chi connectivity index (χ3n) is 7.67. The second-order valence-electron chi connectivity index (χ2n) is 10.9. The number of fused-ring (bicyclic) bond motifs is 1. The van der Waals surface area contributed by atoms with Crippen molar-refractivity contribution >= 4 is 28.4 Å². The quantitative estimate of drug-likeness (QED) is 0.368. The van der Waals surface area contributed by atoms with Gasteiger partial charge < -0.3 is 19.4 Å². The molecule has 5 heterocycles. The second-order valence-corrected chi connectivity index (χ2v) is 10.9. The Morgan fingerprint density at radius 2 is 1.68 bits per heavy atom. The molecule has 0 atom stereocenters. The summed E-state index contributed by atoms with van der Waals surface area (Å²) in [5.41, 5.74) is 4.47. The molecule has 0 spiro atoms. The minimum absolute atomic E-state index is 0.111. The second kappa shape index (κ2) is 11.1. The maximum atomic E-state index is 12.7. The van der Waals surface area contributed by atoms with E-state index in [0.29, 0.717) is 45.2 Å². The first kappa shape index (κ1) is 26.6. The van der Waals surface area contributed by atoms with Crippen LogP contribution in [0.25, 0.3) is 33.5 Å². The van der Waals surface area contributed by atoms with Crippen molar-refractivity contribution < 1.29 is 9.53 Å². The van der Waals surface area contributed by atoms with Crippen molar-refractivity contribution in [1.82, 2.24) is 24.8 Å². The number of amides is 1. The number of nitriles is 1. The molecule has 10 nitrogen and oxygen atoms in total. The molecule has 2 aliphatic rings. The van der Waals surface area contributed by atoms with Crippen molar-refractivity contribution in [3.63, 3.8) is 0 Å². The van der Waals surface area contributed by atoms with Crippen LogP contribution in [0.5, 0.6) is 0 Å². The van der Waals surface area contributed by atoms with E-state index >= 15 is 0 Å². The van der Waals surface area contributed by atoms with Gasteiger partial charge in [0.05, 0.1) is 24.8 Å². The molecule has 0 aliphatic carbocycles. The molecule has 0 radical (unpaired) electrons. The standard InChI is InChI=1S/C31H32N8O2/c1-31(2,21-32)30(40)39-11-9-37(10-12-39)25-7-3-5-22(17-25)24-18-26-27(34-20-24)29(38-13-15-41-16-14-38)36-28(35-26)23-6-4-8-33-19-23/h3-8,17-20H,9-16H2,1-2H3. The van der Waals surface area contributed by atoms with Gasteiger partial charge in [-0.15, -0.1) is 0 Å². The average Bonchev–Trinajstić information content (AvgIpc) is 3.04. The highest BCUT2D eigenvalue weighted by molar-refractivity contribution is 5.90. The van der Waals surface area contributed by atoms with Gasteiger partial charge in [-0.1, -0.05) is 12.1 Å². The van der Waals surface area contributed by atoms with Crippen LogP contribution < -0.4 is 9.80 Å². The van der Waals surface area contributed by atoms with Gasteiger partial charge in [-0.25, -0.2) is 9.97 Å². The molecular formula is C31H32N8O2. The van der Waals surface area contributed by atoms with E-state index in [4.69, 9.17) is 19.7 Å². The molecule has 2 saturated heterocycles. The smallest absolute Gasteiger partial charge is 0.242 e. The zero-order valence-corrected chi connectivity index (χ0v) is 23.3. The molecule has 1 aromatic carbocycles. The molecule has 0 bridgehead atoms. The molecule has 41 heavy (non-hydrogen) atoms. The Kier molecular flexibility index (Phi) is 7.20. The fourth-order valence-corrected chi connectivity index (χ4v) is 5.27. The van der Waals surface area contributed by atoms with Crippen molar-refractivity contribution in [2.45, 2.75) is 13.8 Å². The number of ether oxygens (including phenoxy) is 1. The monoisotopic (exact) mass is 548 g/mol. The topological polar surface area (TPSA) is 111 Å². The fourth-order valence-electron chi connectivity index (χ4n) is 5.27. The lowest BCUT2D eigenvalue weighted by Crippen LogP contribution is -2.52. The van der Waals surface area contributed by atoms with E-state index < -0.39 is 5.41 Å². The van der Waals surface area contributed by atoms with Gasteiger partial charge in [0, 0.05) is 74.7 Å². The molecule has 2 fully saturated rings. The number of benzene rings is 1. The average molecular weight is 549 g/mol. The SMILES string of the molecule is CC(C)(C#N)C(=O)N1CCN(c2cccc(-c3cnc4c(N5CCOCC5)nc(-c5cccnc5)nc4c3)c2)CC1. The van der Waals surface area contributed by atoms with Gasteiger partial charge >= 0.3 is 0 Å². The summed E-state index contributed by atoms with van der Waals surface area (Å²) in [6.45, 7) is 8.74. The van der Waals surface area contributed by atoms with E-state index in [-0.39, 0.29) is 5.91 Å². The number of anilines is 2. The summed E-state index contributed by atoms with van der Waals surface area (Å²) in [6, 6.07) is 16.4. The first-order valence-corrected chi connectivity index (χ1v) is 13.9. The van der Waals surface area contributed by atoms with Gasteiger partial charge in [0.15, 0.2) is 11.6 Å². The van der Waals surface area contributed by atoms with Crippen LogP contribution in [0.1, 0.15) is 13.8 Å². The molecule has 4 aromatic rings. The predicted octanol–water partition coefficient (Wildman–Crippen LogP) is 3.79. The van der Waals surface area contributed by atoms with E-state index in [0.717, 1.165) is 52.3 Å². The van der Waals surface area contributed by atoms with Crippen LogP contribution in [0.2, 0.25) is 0 Å². The molecule has 0 N–H and O–H groups in total. The Bertz CT molecular complexity index is 1600. The van der Waals surface area contributed by atoms with E-state index in [2.05, 4.69) is 45.1 Å². The summed E-state index contributed by atoms with van der Waals surface area (Å²) in [7, 11) is 0. The third kappa shape index (κ3) is 5.41. The summed E-state index contributed by atoms with van der Waals surface area (Å²) >= 11 is 0. The Labute approximate surface area is 239 Å². The number of carbonyl (C=O) groups is 1. The molecule has 0 unspecified atom stereocenters. The molecular weight excluding hydrogens is 516 g/mol. The van der Waals surface area contributed by atoms with E-state index in [1.807, 2.05) is 24.4 Å². The van der Waals surface area contributed by atoms with Crippen LogP contribution in [0.4, 0.5) is 11.5 Å². The number of hydrogen-bond acceptors (Lipinski definition) is 9. The van der Waals surface area contributed by atoms with Crippen LogP contribution in [-0.4, -0.2) is 83.2 Å². The number of carbonyl (C=O) groups excluding carboxylic acids is 1. The lowest BCUT2D eigenvalue weighted by atomic mass is 9.93. The lowest BCUT2D eigenvalue weighted by molar-refractivity contribution is -0.137. The molecule has 10 heteroatoms. The summed E-state index contributed by atoms with van der Waals surface area (Å²) in [4.78, 5) is 38.0. The molecule has 0 saturated carbocycles. The maximum absolute atomic E-state index is 12.7. The largest absolute Gasteiger partial charge is 0.378 e. The van der Waals surface area contributed by atoms with Gasteiger partial charge in [-0.2, -0.15) is 5.26 Å². The Hall–Kier alpha value is -4.62. The third-order valence-corrected chi connectivity index (χ3v) is 7.67. The zero-order valence-electron chi connectivity index (χ0n) is 23.3. The van der Waals surface area contributed by atoms with Crippen LogP contribution in [0.15, 0.2) is 61.1 Å². The number of rotatable bonds is 5. The highest BCUT2D eigenvalue weighted by atomic mass is 16.5. The highest BCUT2D eigenvalue weighted by Crippen LogP contribution is 2.31. The molecule has 2 aliphatic heterocycles. The first-order chi connectivity index (χ1) is 19.9. The van der Waals surface area contributed by atoms with E-state index in [9.17, 15) is 10.1 Å². The van der Waals surface area contributed by atoms with Crippen molar-refractivity contribution in [1.29, 1.82) is 5.26 Å². The van der Waals surface area contributed by atoms with E-state index in [1.165, 1.54) is 0 Å². The highest BCUT2D eigenvalue weighted by Gasteiger charge is 2.33.